The van der Waals surface area contributed by atoms with E-state index in [1.807, 2.05) is 14.0 Å². The van der Waals surface area contributed by atoms with Crippen molar-refractivity contribution in [2.24, 2.45) is 7.05 Å². The summed E-state index contributed by atoms with van der Waals surface area (Å²) in [6.45, 7) is 2.54. The molecular formula is C15H18FN3O2S. The lowest BCUT2D eigenvalue weighted by Crippen LogP contribution is -2.29. The van der Waals surface area contributed by atoms with Crippen molar-refractivity contribution in [1.82, 2.24) is 15.1 Å². The molecule has 1 N–H and O–H groups in total. The number of nitrogens with zero attached hydrogens (tertiary/aromatic N) is 2. The molecule has 7 heteroatoms. The van der Waals surface area contributed by atoms with Crippen LogP contribution in [0.15, 0.2) is 29.3 Å². The molecule has 0 saturated heterocycles. The predicted molar refractivity (Wildman–Crippen MR) is 80.6 cm³/mol. The van der Waals surface area contributed by atoms with Gasteiger partial charge < -0.3 is 5.32 Å². The quantitative estimate of drug-likeness (QED) is 0.876. The van der Waals surface area contributed by atoms with Crippen molar-refractivity contribution >= 4 is 9.84 Å². The molecule has 5 nitrogen and oxygen atoms in total. The minimum absolute atomic E-state index is 0.0787. The van der Waals surface area contributed by atoms with Crippen LogP contribution in [0.4, 0.5) is 4.39 Å². The lowest BCUT2D eigenvalue weighted by atomic mass is 10.0. The molecule has 0 bridgehead atoms. The van der Waals surface area contributed by atoms with Crippen LogP contribution in [0.25, 0.3) is 0 Å². The summed E-state index contributed by atoms with van der Waals surface area (Å²) in [6, 6.07) is 3.71. The Labute approximate surface area is 129 Å². The molecule has 1 unspecified atom stereocenters. The molecule has 1 atom stereocenters. The van der Waals surface area contributed by atoms with Crippen LogP contribution in [-0.2, 0) is 23.4 Å². The Hall–Kier alpha value is -1.73. The molecule has 118 valence electrons. The highest BCUT2D eigenvalue weighted by Gasteiger charge is 2.30. The maximum Gasteiger partial charge on any atom is 0.178 e. The zero-order valence-electron chi connectivity index (χ0n) is 12.5. The fourth-order valence-electron chi connectivity index (χ4n) is 2.78. The van der Waals surface area contributed by atoms with Crippen LogP contribution >= 0.6 is 0 Å². The summed E-state index contributed by atoms with van der Waals surface area (Å²) in [6.07, 6.45) is 2.23. The van der Waals surface area contributed by atoms with Crippen LogP contribution in [0, 0.1) is 12.7 Å². The van der Waals surface area contributed by atoms with E-state index in [4.69, 9.17) is 0 Å². The van der Waals surface area contributed by atoms with E-state index in [1.165, 1.54) is 18.2 Å². The molecular weight excluding hydrogens is 305 g/mol. The SMILES string of the molecule is Cc1c(CNC2CCS(=O)(=O)c3ccc(F)cc32)cnn1C. The zero-order valence-corrected chi connectivity index (χ0v) is 13.3. The number of aromatic nitrogens is 2. The first-order valence-corrected chi connectivity index (χ1v) is 8.77. The Kier molecular flexibility index (Phi) is 3.78. The number of sulfone groups is 1. The van der Waals surface area contributed by atoms with Crippen LogP contribution < -0.4 is 5.32 Å². The summed E-state index contributed by atoms with van der Waals surface area (Å²) in [4.78, 5) is 0.237. The number of nitrogens with one attached hydrogen (secondary N) is 1. The van der Waals surface area contributed by atoms with E-state index in [0.29, 0.717) is 18.5 Å². The first-order valence-electron chi connectivity index (χ1n) is 7.11. The van der Waals surface area contributed by atoms with Gasteiger partial charge in [0.2, 0.25) is 0 Å². The van der Waals surface area contributed by atoms with Crippen LogP contribution in [0.3, 0.4) is 0 Å². The molecule has 22 heavy (non-hydrogen) atoms. The predicted octanol–water partition coefficient (Wildman–Crippen LogP) is 1.88. The van der Waals surface area contributed by atoms with E-state index in [0.717, 1.165) is 11.3 Å². The Morgan fingerprint density at radius 1 is 1.45 bits per heavy atom. The van der Waals surface area contributed by atoms with Gasteiger partial charge in [-0.1, -0.05) is 0 Å². The fraction of sp³-hybridized carbons (Fsp3) is 0.400. The number of hydrogen-bond donors (Lipinski definition) is 1. The zero-order chi connectivity index (χ0) is 15.9. The third-order valence-corrected chi connectivity index (χ3v) is 6.05. The van der Waals surface area contributed by atoms with Gasteiger partial charge in [-0.05, 0) is 37.1 Å². The second kappa shape index (κ2) is 5.48. The first-order chi connectivity index (χ1) is 10.4. The molecule has 1 aromatic carbocycles. The molecule has 0 saturated carbocycles. The maximum atomic E-state index is 13.5. The van der Waals surface area contributed by atoms with E-state index in [-0.39, 0.29) is 16.7 Å². The average Bonchev–Trinajstić information content (AvgIpc) is 2.78. The molecule has 1 aliphatic heterocycles. The summed E-state index contributed by atoms with van der Waals surface area (Å²) < 4.78 is 39.5. The van der Waals surface area contributed by atoms with Crippen molar-refractivity contribution in [3.8, 4) is 0 Å². The Balaban J connectivity index is 1.87. The van der Waals surface area contributed by atoms with Gasteiger partial charge in [-0.25, -0.2) is 12.8 Å². The van der Waals surface area contributed by atoms with E-state index < -0.39 is 15.7 Å². The number of fused-ring (bicyclic) bond motifs is 1. The summed E-state index contributed by atoms with van der Waals surface area (Å²) in [7, 11) is -1.43. The topological polar surface area (TPSA) is 64.0 Å². The van der Waals surface area contributed by atoms with Crippen molar-refractivity contribution in [2.45, 2.75) is 30.8 Å². The molecule has 0 radical (unpaired) electrons. The average molecular weight is 323 g/mol. The first kappa shape index (κ1) is 15.2. The van der Waals surface area contributed by atoms with Crippen LogP contribution in [0.1, 0.15) is 29.3 Å². The largest absolute Gasteiger partial charge is 0.306 e. The van der Waals surface area contributed by atoms with Gasteiger partial charge in [0, 0.05) is 30.9 Å². The standard InChI is InChI=1S/C15H18FN3O2S/c1-10-11(9-18-19(10)2)8-17-14-5-6-22(20,21)15-4-3-12(16)7-13(14)15/h3-4,7,9,14,17H,5-6,8H2,1-2H3. The second-order valence-corrected chi connectivity index (χ2v) is 7.68. The maximum absolute atomic E-state index is 13.5. The van der Waals surface area contributed by atoms with E-state index in [2.05, 4.69) is 10.4 Å². The summed E-state index contributed by atoms with van der Waals surface area (Å²) in [5.41, 5.74) is 2.62. The van der Waals surface area contributed by atoms with Crippen molar-refractivity contribution < 1.29 is 12.8 Å². The summed E-state index contributed by atoms with van der Waals surface area (Å²) in [5.74, 6) is -0.338. The van der Waals surface area contributed by atoms with Gasteiger partial charge in [-0.3, -0.25) is 4.68 Å². The lowest BCUT2D eigenvalue weighted by molar-refractivity contribution is 0.486. The summed E-state index contributed by atoms with van der Waals surface area (Å²) in [5, 5.41) is 7.51. The monoisotopic (exact) mass is 323 g/mol. The van der Waals surface area contributed by atoms with Gasteiger partial charge in [0.25, 0.3) is 0 Å². The molecule has 2 heterocycles. The van der Waals surface area contributed by atoms with Crippen molar-refractivity contribution in [3.63, 3.8) is 0 Å². The van der Waals surface area contributed by atoms with Gasteiger partial charge in [-0.15, -0.1) is 0 Å². The lowest BCUT2D eigenvalue weighted by Gasteiger charge is -2.26. The third-order valence-electron chi connectivity index (χ3n) is 4.23. The molecule has 0 amide bonds. The number of hydrogen-bond acceptors (Lipinski definition) is 4. The smallest absolute Gasteiger partial charge is 0.178 e. The minimum atomic E-state index is -3.30. The van der Waals surface area contributed by atoms with Crippen molar-refractivity contribution in [3.05, 3.63) is 47.0 Å². The number of rotatable bonds is 3. The van der Waals surface area contributed by atoms with Crippen molar-refractivity contribution in [2.75, 3.05) is 5.75 Å². The molecule has 1 aromatic heterocycles. The summed E-state index contributed by atoms with van der Waals surface area (Å²) >= 11 is 0. The Bertz CT molecular complexity index is 814. The fourth-order valence-corrected chi connectivity index (χ4v) is 4.38. The van der Waals surface area contributed by atoms with Gasteiger partial charge >= 0.3 is 0 Å². The molecule has 0 spiro atoms. The third kappa shape index (κ3) is 2.66. The molecule has 0 aliphatic carbocycles. The van der Waals surface area contributed by atoms with Crippen LogP contribution in [-0.4, -0.2) is 24.0 Å². The number of benzene rings is 1. The van der Waals surface area contributed by atoms with E-state index in [1.54, 1.807) is 10.9 Å². The van der Waals surface area contributed by atoms with Gasteiger partial charge in [0.15, 0.2) is 9.84 Å². The van der Waals surface area contributed by atoms with Gasteiger partial charge in [-0.2, -0.15) is 5.10 Å². The highest BCUT2D eigenvalue weighted by atomic mass is 32.2. The second-order valence-electron chi connectivity index (χ2n) is 5.60. The van der Waals surface area contributed by atoms with Crippen LogP contribution in [0.5, 0.6) is 0 Å². The van der Waals surface area contributed by atoms with E-state index >= 15 is 0 Å². The highest BCUT2D eigenvalue weighted by molar-refractivity contribution is 7.91. The molecule has 3 rings (SSSR count). The normalized spacial score (nSPS) is 19.9. The van der Waals surface area contributed by atoms with Crippen molar-refractivity contribution in [1.29, 1.82) is 0 Å². The number of halogens is 1. The van der Waals surface area contributed by atoms with Gasteiger partial charge in [0.1, 0.15) is 5.82 Å². The van der Waals surface area contributed by atoms with E-state index in [9.17, 15) is 12.8 Å². The molecule has 1 aliphatic rings. The Morgan fingerprint density at radius 3 is 2.91 bits per heavy atom. The van der Waals surface area contributed by atoms with Gasteiger partial charge in [0.05, 0.1) is 16.8 Å². The molecule has 2 aromatic rings. The highest BCUT2D eigenvalue weighted by Crippen LogP contribution is 2.32. The van der Waals surface area contributed by atoms with Crippen LogP contribution in [0.2, 0.25) is 0 Å². The minimum Gasteiger partial charge on any atom is -0.306 e. The number of aryl methyl sites for hydroxylation is 1. The molecule has 0 fully saturated rings. The Morgan fingerprint density at radius 2 is 2.23 bits per heavy atom.